The van der Waals surface area contributed by atoms with E-state index in [2.05, 4.69) is 9.97 Å². The Hall–Kier alpha value is -4.04. The van der Waals surface area contributed by atoms with E-state index in [4.69, 9.17) is 13.6 Å². The molecule has 0 spiro atoms. The first-order valence-corrected chi connectivity index (χ1v) is 10.2. The lowest BCUT2D eigenvalue weighted by Crippen LogP contribution is -2.13. The summed E-state index contributed by atoms with van der Waals surface area (Å²) in [5.41, 5.74) is 2.36. The summed E-state index contributed by atoms with van der Waals surface area (Å²) < 4.78 is 16.2. The van der Waals surface area contributed by atoms with Gasteiger partial charge in [-0.3, -0.25) is 4.79 Å². The van der Waals surface area contributed by atoms with Gasteiger partial charge in [0.1, 0.15) is 11.4 Å². The number of esters is 1. The first-order valence-electron chi connectivity index (χ1n) is 9.32. The lowest BCUT2D eigenvalue weighted by molar-refractivity contribution is 0.0476. The molecule has 5 rings (SSSR count). The molecule has 4 aromatic heterocycles. The molecular weight excluding hydrogens is 416 g/mol. The van der Waals surface area contributed by atoms with Crippen LogP contribution in [0.25, 0.3) is 33.9 Å². The van der Waals surface area contributed by atoms with Crippen LogP contribution < -0.4 is 0 Å². The number of Topliss-reactive ketones (excluding diaryl/α,β-unsaturated/α-hetero) is 1. The molecule has 0 amide bonds. The molecule has 4 heterocycles. The van der Waals surface area contributed by atoms with E-state index in [1.165, 1.54) is 11.3 Å². The number of carbonyl (C=O) groups is 2. The van der Waals surface area contributed by atoms with Gasteiger partial charge in [0.2, 0.25) is 5.78 Å². The molecule has 0 unspecified atom stereocenters. The standard InChI is InChI=1S/C23H14N2O5S/c26-17(20-6-3-11-31-20)13-30-23(27)14-7-8-15-16(12-14)25-22(19-5-2-10-29-19)21(24-15)18-4-1-9-28-18/h1-12H,13H2. The first-order chi connectivity index (χ1) is 15.2. The molecule has 0 radical (unpaired) electrons. The molecule has 31 heavy (non-hydrogen) atoms. The summed E-state index contributed by atoms with van der Waals surface area (Å²) in [4.78, 5) is 34.4. The van der Waals surface area contributed by atoms with E-state index in [9.17, 15) is 9.59 Å². The SMILES string of the molecule is O=C(OCC(=O)c1cccs1)c1ccc2nc(-c3ccco3)c(-c3ccco3)nc2c1. The summed E-state index contributed by atoms with van der Waals surface area (Å²) in [6.07, 6.45) is 3.11. The van der Waals surface area contributed by atoms with E-state index in [-0.39, 0.29) is 18.0 Å². The molecule has 0 aliphatic heterocycles. The van der Waals surface area contributed by atoms with Crippen LogP contribution in [-0.4, -0.2) is 28.3 Å². The zero-order chi connectivity index (χ0) is 21.2. The number of fused-ring (bicyclic) bond motifs is 1. The minimum absolute atomic E-state index is 0.243. The monoisotopic (exact) mass is 430 g/mol. The molecule has 0 saturated carbocycles. The van der Waals surface area contributed by atoms with Gasteiger partial charge in [0, 0.05) is 0 Å². The van der Waals surface area contributed by atoms with Crippen LogP contribution in [-0.2, 0) is 4.74 Å². The number of furan rings is 2. The van der Waals surface area contributed by atoms with Crippen molar-refractivity contribution in [1.29, 1.82) is 0 Å². The summed E-state index contributed by atoms with van der Waals surface area (Å²) in [6, 6.07) is 15.4. The van der Waals surface area contributed by atoms with E-state index in [0.717, 1.165) is 0 Å². The number of rotatable bonds is 6. The smallest absolute Gasteiger partial charge is 0.338 e. The third kappa shape index (κ3) is 3.76. The topological polar surface area (TPSA) is 95.4 Å². The highest BCUT2D eigenvalue weighted by Crippen LogP contribution is 2.31. The quantitative estimate of drug-likeness (QED) is 0.268. The van der Waals surface area contributed by atoms with Gasteiger partial charge in [0.05, 0.1) is 34.0 Å². The third-order valence-electron chi connectivity index (χ3n) is 4.54. The van der Waals surface area contributed by atoms with E-state index in [1.54, 1.807) is 72.5 Å². The summed E-state index contributed by atoms with van der Waals surface area (Å²) in [6.45, 7) is -0.321. The normalized spacial score (nSPS) is 11.0. The van der Waals surface area contributed by atoms with Crippen molar-refractivity contribution in [1.82, 2.24) is 9.97 Å². The molecule has 1 aromatic carbocycles. The van der Waals surface area contributed by atoms with E-state index >= 15 is 0 Å². The van der Waals surface area contributed by atoms with Crippen molar-refractivity contribution in [3.63, 3.8) is 0 Å². The zero-order valence-corrected chi connectivity index (χ0v) is 16.8. The van der Waals surface area contributed by atoms with Gasteiger partial charge >= 0.3 is 5.97 Å². The van der Waals surface area contributed by atoms with Crippen molar-refractivity contribution in [2.75, 3.05) is 6.61 Å². The largest absolute Gasteiger partial charge is 0.463 e. The van der Waals surface area contributed by atoms with Gasteiger partial charge in [-0.1, -0.05) is 6.07 Å². The number of carbonyl (C=O) groups excluding carboxylic acids is 2. The van der Waals surface area contributed by atoms with Gasteiger partial charge in [-0.25, -0.2) is 14.8 Å². The predicted octanol–water partition coefficient (Wildman–Crippen LogP) is 5.25. The minimum Gasteiger partial charge on any atom is -0.463 e. The molecule has 0 aliphatic carbocycles. The Labute approximate surface area is 179 Å². The summed E-state index contributed by atoms with van der Waals surface area (Å²) >= 11 is 1.31. The van der Waals surface area contributed by atoms with Crippen molar-refractivity contribution in [3.8, 4) is 22.9 Å². The Morgan fingerprint density at radius 1 is 0.871 bits per heavy atom. The first kappa shape index (κ1) is 19.0. The Bertz CT molecular complexity index is 1360. The summed E-state index contributed by atoms with van der Waals surface area (Å²) in [5.74, 6) is 0.224. The van der Waals surface area contributed by atoms with Crippen LogP contribution in [0.15, 0.2) is 81.3 Å². The highest BCUT2D eigenvalue weighted by Gasteiger charge is 2.19. The van der Waals surface area contributed by atoms with Gasteiger partial charge in [0.25, 0.3) is 0 Å². The number of aromatic nitrogens is 2. The average molecular weight is 430 g/mol. The Morgan fingerprint density at radius 3 is 2.19 bits per heavy atom. The number of ketones is 1. The molecule has 0 aliphatic rings. The molecule has 0 N–H and O–H groups in total. The van der Waals surface area contributed by atoms with Crippen molar-refractivity contribution in [2.24, 2.45) is 0 Å². The Kier molecular flexibility index (Phi) is 4.89. The van der Waals surface area contributed by atoms with Crippen LogP contribution in [0, 0.1) is 0 Å². The fraction of sp³-hybridized carbons (Fsp3) is 0.0435. The maximum Gasteiger partial charge on any atom is 0.338 e. The molecule has 0 saturated heterocycles. The van der Waals surface area contributed by atoms with Crippen LogP contribution in [0.2, 0.25) is 0 Å². The molecule has 0 atom stereocenters. The second-order valence-electron chi connectivity index (χ2n) is 6.56. The molecule has 7 nitrogen and oxygen atoms in total. The number of hydrogen-bond acceptors (Lipinski definition) is 8. The van der Waals surface area contributed by atoms with E-state index < -0.39 is 5.97 Å². The molecular formula is C23H14N2O5S. The van der Waals surface area contributed by atoms with Crippen LogP contribution in [0.5, 0.6) is 0 Å². The van der Waals surface area contributed by atoms with Crippen LogP contribution in [0.4, 0.5) is 0 Å². The molecule has 0 fully saturated rings. The molecule has 5 aromatic rings. The Morgan fingerprint density at radius 2 is 1.58 bits per heavy atom. The summed E-state index contributed by atoms with van der Waals surface area (Å²) in [7, 11) is 0. The third-order valence-corrected chi connectivity index (χ3v) is 5.45. The summed E-state index contributed by atoms with van der Waals surface area (Å²) in [5, 5.41) is 1.80. The van der Waals surface area contributed by atoms with Gasteiger partial charge in [0.15, 0.2) is 18.1 Å². The maximum atomic E-state index is 12.5. The number of thiophene rings is 1. The van der Waals surface area contributed by atoms with Crippen molar-refractivity contribution in [3.05, 3.63) is 82.9 Å². The average Bonchev–Trinajstić information content (AvgIpc) is 3.59. The van der Waals surface area contributed by atoms with Crippen LogP contribution in [0.1, 0.15) is 20.0 Å². The predicted molar refractivity (Wildman–Crippen MR) is 114 cm³/mol. The van der Waals surface area contributed by atoms with Gasteiger partial charge in [-0.15, -0.1) is 11.3 Å². The minimum atomic E-state index is -0.608. The second-order valence-corrected chi connectivity index (χ2v) is 7.50. The highest BCUT2D eigenvalue weighted by molar-refractivity contribution is 7.12. The van der Waals surface area contributed by atoms with Gasteiger partial charge < -0.3 is 13.6 Å². The van der Waals surface area contributed by atoms with Crippen LogP contribution >= 0.6 is 11.3 Å². The van der Waals surface area contributed by atoms with Gasteiger partial charge in [-0.05, 0) is 53.9 Å². The molecule has 0 bridgehead atoms. The van der Waals surface area contributed by atoms with E-state index in [1.807, 2.05) is 0 Å². The zero-order valence-electron chi connectivity index (χ0n) is 16.0. The number of ether oxygens (including phenoxy) is 1. The van der Waals surface area contributed by atoms with Crippen molar-refractivity contribution >= 4 is 34.1 Å². The van der Waals surface area contributed by atoms with E-state index in [0.29, 0.717) is 38.8 Å². The van der Waals surface area contributed by atoms with Crippen molar-refractivity contribution in [2.45, 2.75) is 0 Å². The lowest BCUT2D eigenvalue weighted by atomic mass is 10.1. The van der Waals surface area contributed by atoms with Crippen molar-refractivity contribution < 1.29 is 23.2 Å². The maximum absolute atomic E-state index is 12.5. The number of nitrogens with zero attached hydrogens (tertiary/aromatic N) is 2. The number of hydrogen-bond donors (Lipinski definition) is 0. The molecule has 8 heteroatoms. The lowest BCUT2D eigenvalue weighted by Gasteiger charge is -2.08. The van der Waals surface area contributed by atoms with Gasteiger partial charge in [-0.2, -0.15) is 0 Å². The second kappa shape index (κ2) is 8.00. The highest BCUT2D eigenvalue weighted by atomic mass is 32.1. The fourth-order valence-electron chi connectivity index (χ4n) is 3.07. The molecule has 152 valence electrons. The fourth-order valence-corrected chi connectivity index (χ4v) is 3.73. The van der Waals surface area contributed by atoms with Crippen LogP contribution in [0.3, 0.4) is 0 Å². The number of benzene rings is 1. The Balaban J connectivity index is 1.47.